The van der Waals surface area contributed by atoms with Crippen LogP contribution < -0.4 is 5.32 Å². The molecule has 0 fully saturated rings. The molecule has 0 aliphatic heterocycles. The molecular weight excluding hydrogens is 352 g/mol. The lowest BCUT2D eigenvalue weighted by molar-refractivity contribution is -0.123. The van der Waals surface area contributed by atoms with E-state index in [4.69, 9.17) is 10.00 Å². The van der Waals surface area contributed by atoms with Crippen LogP contribution in [0.1, 0.15) is 28.4 Å². The van der Waals surface area contributed by atoms with E-state index >= 15 is 0 Å². The number of carbonyl (C=O) groups excluding carboxylic acids is 2. The number of nitriles is 1. The minimum atomic E-state index is -1.02. The Morgan fingerprint density at radius 3 is 2.65 bits per heavy atom. The minimum Gasteiger partial charge on any atom is -0.449 e. The van der Waals surface area contributed by atoms with Crippen LogP contribution >= 0.6 is 0 Å². The Kier molecular flexibility index (Phi) is 6.64. The van der Waals surface area contributed by atoms with Crippen LogP contribution in [0.4, 0.5) is 5.69 Å². The van der Waals surface area contributed by atoms with Crippen molar-refractivity contribution in [3.63, 3.8) is 0 Å². The van der Waals surface area contributed by atoms with Crippen LogP contribution in [0.3, 0.4) is 0 Å². The van der Waals surface area contributed by atoms with Crippen molar-refractivity contribution in [3.8, 4) is 6.07 Å². The number of rotatable bonds is 6. The lowest BCUT2D eigenvalue weighted by atomic mass is 10.1. The van der Waals surface area contributed by atoms with E-state index in [0.717, 1.165) is 5.56 Å². The quantitative estimate of drug-likeness (QED) is 0.789. The van der Waals surface area contributed by atoms with Crippen molar-refractivity contribution in [2.45, 2.75) is 18.8 Å². The molecule has 0 saturated heterocycles. The highest BCUT2D eigenvalue weighted by Gasteiger charge is 2.19. The maximum atomic E-state index is 12.2. The molecule has 2 rings (SSSR count). The second kappa shape index (κ2) is 8.92. The predicted molar refractivity (Wildman–Crippen MR) is 98.9 cm³/mol. The molecule has 7 heteroatoms. The molecule has 2 aromatic rings. The number of nitrogens with one attached hydrogen (secondary N) is 1. The summed E-state index contributed by atoms with van der Waals surface area (Å²) in [4.78, 5) is 24.4. The second-order valence-corrected chi connectivity index (χ2v) is 7.08. The average molecular weight is 370 g/mol. The number of hydrogen-bond donors (Lipinski definition) is 1. The number of amides is 1. The van der Waals surface area contributed by atoms with Gasteiger partial charge in [-0.3, -0.25) is 9.00 Å². The zero-order chi connectivity index (χ0) is 19.1. The van der Waals surface area contributed by atoms with Crippen LogP contribution in [0.25, 0.3) is 0 Å². The Morgan fingerprint density at radius 2 is 1.96 bits per heavy atom. The first-order valence-corrected chi connectivity index (χ1v) is 9.52. The van der Waals surface area contributed by atoms with Crippen LogP contribution in [0, 0.1) is 11.3 Å². The lowest BCUT2D eigenvalue weighted by Gasteiger charge is -2.14. The maximum Gasteiger partial charge on any atom is 0.338 e. The lowest BCUT2D eigenvalue weighted by Crippen LogP contribution is -2.30. The Balaban J connectivity index is 2.00. The van der Waals surface area contributed by atoms with Gasteiger partial charge in [0, 0.05) is 28.5 Å². The van der Waals surface area contributed by atoms with Gasteiger partial charge in [0.15, 0.2) is 6.10 Å². The van der Waals surface area contributed by atoms with Gasteiger partial charge in [-0.2, -0.15) is 5.26 Å². The molecular formula is C19H18N2O4S. The van der Waals surface area contributed by atoms with Crippen molar-refractivity contribution >= 4 is 28.4 Å². The third-order valence-electron chi connectivity index (χ3n) is 3.44. The summed E-state index contributed by atoms with van der Waals surface area (Å²) in [5, 5.41) is 11.5. The highest BCUT2D eigenvalue weighted by molar-refractivity contribution is 7.83. The Morgan fingerprint density at radius 1 is 1.23 bits per heavy atom. The maximum absolute atomic E-state index is 12.2. The summed E-state index contributed by atoms with van der Waals surface area (Å²) in [6, 6.07) is 15.0. The molecule has 1 N–H and O–H groups in total. The van der Waals surface area contributed by atoms with Crippen molar-refractivity contribution in [2.24, 2.45) is 0 Å². The number of ether oxygens (including phenoxy) is 1. The van der Waals surface area contributed by atoms with E-state index < -0.39 is 28.8 Å². The molecule has 134 valence electrons. The molecule has 0 aromatic heterocycles. The summed E-state index contributed by atoms with van der Waals surface area (Å²) in [6.45, 7) is 1.46. The van der Waals surface area contributed by atoms with Crippen molar-refractivity contribution in [1.82, 2.24) is 0 Å². The Hall–Kier alpha value is -2.98. The molecule has 0 unspecified atom stereocenters. The minimum absolute atomic E-state index is 0.291. The molecule has 2 aromatic carbocycles. The number of anilines is 1. The van der Waals surface area contributed by atoms with Gasteiger partial charge in [-0.25, -0.2) is 4.79 Å². The highest BCUT2D eigenvalue weighted by Crippen LogP contribution is 2.13. The molecule has 1 amide bonds. The zero-order valence-corrected chi connectivity index (χ0v) is 15.2. The third-order valence-corrected chi connectivity index (χ3v) is 4.18. The predicted octanol–water partition coefficient (Wildman–Crippen LogP) is 2.62. The van der Waals surface area contributed by atoms with Crippen LogP contribution in [0.15, 0.2) is 48.5 Å². The second-order valence-electron chi connectivity index (χ2n) is 5.65. The van der Waals surface area contributed by atoms with E-state index in [1.54, 1.807) is 48.7 Å². The average Bonchev–Trinajstić information content (AvgIpc) is 2.61. The summed E-state index contributed by atoms with van der Waals surface area (Å²) >= 11 is 0. The van der Waals surface area contributed by atoms with Gasteiger partial charge < -0.3 is 10.1 Å². The normalized spacial score (nSPS) is 12.5. The van der Waals surface area contributed by atoms with Gasteiger partial charge in [0.25, 0.3) is 5.91 Å². The largest absolute Gasteiger partial charge is 0.449 e. The van der Waals surface area contributed by atoms with Gasteiger partial charge >= 0.3 is 5.97 Å². The van der Waals surface area contributed by atoms with Crippen LogP contribution in [0.5, 0.6) is 0 Å². The first-order chi connectivity index (χ1) is 12.4. The molecule has 2 atom stereocenters. The number of benzene rings is 2. The van der Waals surface area contributed by atoms with Crippen molar-refractivity contribution in [1.29, 1.82) is 5.26 Å². The fourth-order valence-electron chi connectivity index (χ4n) is 2.22. The van der Waals surface area contributed by atoms with Crippen LogP contribution in [-0.4, -0.2) is 28.4 Å². The Labute approximate surface area is 154 Å². The molecule has 0 spiro atoms. The van der Waals surface area contributed by atoms with Crippen molar-refractivity contribution < 1.29 is 18.5 Å². The number of carbonyl (C=O) groups is 2. The summed E-state index contributed by atoms with van der Waals surface area (Å²) in [7, 11) is -1.02. The van der Waals surface area contributed by atoms with E-state index in [2.05, 4.69) is 5.32 Å². The smallest absolute Gasteiger partial charge is 0.338 e. The van der Waals surface area contributed by atoms with Gasteiger partial charge in [0.2, 0.25) is 0 Å². The van der Waals surface area contributed by atoms with Gasteiger partial charge in [0.05, 0.1) is 17.2 Å². The molecule has 0 aliphatic carbocycles. The first-order valence-electron chi connectivity index (χ1n) is 7.80. The SMILES string of the molecule is C[C@H](OC(=O)c1cccc(C[S@](C)=O)c1)C(=O)Nc1cccc(C#N)c1. The monoisotopic (exact) mass is 370 g/mol. The molecule has 26 heavy (non-hydrogen) atoms. The van der Waals surface area contributed by atoms with Crippen molar-refractivity contribution in [2.75, 3.05) is 11.6 Å². The van der Waals surface area contributed by atoms with Crippen LogP contribution in [-0.2, 0) is 26.1 Å². The summed E-state index contributed by atoms with van der Waals surface area (Å²) in [6.07, 6.45) is 0.566. The number of hydrogen-bond acceptors (Lipinski definition) is 5. The van der Waals surface area contributed by atoms with Gasteiger partial charge in [0.1, 0.15) is 0 Å². The number of esters is 1. The fraction of sp³-hybridized carbons (Fsp3) is 0.211. The fourth-order valence-corrected chi connectivity index (χ4v) is 2.86. The van der Waals surface area contributed by atoms with Crippen molar-refractivity contribution in [3.05, 3.63) is 65.2 Å². The van der Waals surface area contributed by atoms with E-state index in [0.29, 0.717) is 22.6 Å². The molecule has 0 aliphatic rings. The molecule has 6 nitrogen and oxygen atoms in total. The molecule has 0 bridgehead atoms. The summed E-state index contributed by atoms with van der Waals surface area (Å²) < 4.78 is 16.5. The topological polar surface area (TPSA) is 96.3 Å². The van der Waals surface area contributed by atoms with Crippen LogP contribution in [0.2, 0.25) is 0 Å². The summed E-state index contributed by atoms with van der Waals surface area (Å²) in [5.41, 5.74) is 1.91. The van der Waals surface area contributed by atoms with Gasteiger partial charge in [-0.1, -0.05) is 18.2 Å². The van der Waals surface area contributed by atoms with E-state index in [1.165, 1.54) is 13.0 Å². The van der Waals surface area contributed by atoms with E-state index in [-0.39, 0.29) is 0 Å². The standard InChI is InChI=1S/C19H18N2O4S/c1-13(18(22)21-17-8-4-5-14(10-17)11-20)25-19(23)16-7-3-6-15(9-16)12-26(2)24/h3-10,13H,12H2,1-2H3,(H,21,22)/t13-,26-/m0/s1. The van der Waals surface area contributed by atoms with E-state index in [1.807, 2.05) is 6.07 Å². The summed E-state index contributed by atoms with van der Waals surface area (Å²) in [5.74, 6) is -0.798. The van der Waals surface area contributed by atoms with Gasteiger partial charge in [-0.15, -0.1) is 0 Å². The van der Waals surface area contributed by atoms with Gasteiger partial charge in [-0.05, 0) is 42.8 Å². The molecule has 0 saturated carbocycles. The first kappa shape index (κ1) is 19.3. The molecule has 0 heterocycles. The third kappa shape index (κ3) is 5.53. The number of nitrogens with zero attached hydrogens (tertiary/aromatic N) is 1. The van der Waals surface area contributed by atoms with E-state index in [9.17, 15) is 13.8 Å². The Bertz CT molecular complexity index is 889. The zero-order valence-electron chi connectivity index (χ0n) is 14.4. The molecule has 0 radical (unpaired) electrons. The highest BCUT2D eigenvalue weighted by atomic mass is 32.2.